The van der Waals surface area contributed by atoms with Crippen LogP contribution in [0.4, 0.5) is 4.79 Å². The van der Waals surface area contributed by atoms with Crippen LogP contribution >= 0.6 is 11.8 Å². The van der Waals surface area contributed by atoms with Crippen LogP contribution in [-0.4, -0.2) is 40.8 Å². The first-order chi connectivity index (χ1) is 7.53. The second-order valence-corrected chi connectivity index (χ2v) is 5.23. The molecule has 1 N–H and O–H groups in total. The number of imide groups is 2. The van der Waals surface area contributed by atoms with E-state index in [0.29, 0.717) is 18.6 Å². The summed E-state index contributed by atoms with van der Waals surface area (Å²) in [6.45, 7) is 1.82. The molecule has 1 aliphatic heterocycles. The Bertz CT molecular complexity index is 365. The number of hydrogen-bond acceptors (Lipinski definition) is 4. The maximum Gasteiger partial charge on any atom is 0.331 e. The minimum atomic E-state index is -0.916. The predicted octanol–water partition coefficient (Wildman–Crippen LogP) is 0.596. The fourth-order valence-corrected chi connectivity index (χ4v) is 2.61. The Labute approximate surface area is 97.9 Å². The lowest BCUT2D eigenvalue weighted by atomic mass is 10.0. The van der Waals surface area contributed by atoms with Crippen LogP contribution in [0.25, 0.3) is 0 Å². The van der Waals surface area contributed by atoms with Crippen LogP contribution < -0.4 is 5.32 Å². The van der Waals surface area contributed by atoms with Gasteiger partial charge in [-0.3, -0.25) is 19.8 Å². The molecule has 0 aromatic carbocycles. The SMILES string of the molecule is CSCC(C)N1C(=O)NC(=O)C2(CC2)C1=O. The average molecular weight is 242 g/mol. The highest BCUT2D eigenvalue weighted by Gasteiger charge is 2.62. The maximum atomic E-state index is 12.1. The molecule has 4 amide bonds. The zero-order chi connectivity index (χ0) is 11.9. The molecule has 16 heavy (non-hydrogen) atoms. The molecule has 1 saturated carbocycles. The van der Waals surface area contributed by atoms with E-state index >= 15 is 0 Å². The summed E-state index contributed by atoms with van der Waals surface area (Å²) >= 11 is 1.57. The fraction of sp³-hybridized carbons (Fsp3) is 0.700. The van der Waals surface area contributed by atoms with Gasteiger partial charge in [0.2, 0.25) is 11.8 Å². The number of carbonyl (C=O) groups is 3. The van der Waals surface area contributed by atoms with Crippen molar-refractivity contribution in [2.24, 2.45) is 5.41 Å². The van der Waals surface area contributed by atoms with Crippen molar-refractivity contribution in [1.29, 1.82) is 0 Å². The molecule has 0 aromatic rings. The monoisotopic (exact) mass is 242 g/mol. The number of barbiturate groups is 1. The van der Waals surface area contributed by atoms with Crippen molar-refractivity contribution in [3.05, 3.63) is 0 Å². The largest absolute Gasteiger partial charge is 0.331 e. The highest BCUT2D eigenvalue weighted by Crippen LogP contribution is 2.49. The Kier molecular flexibility index (Phi) is 2.69. The van der Waals surface area contributed by atoms with E-state index in [2.05, 4.69) is 5.32 Å². The van der Waals surface area contributed by atoms with Crippen molar-refractivity contribution in [3.63, 3.8) is 0 Å². The lowest BCUT2D eigenvalue weighted by Gasteiger charge is -2.34. The minimum absolute atomic E-state index is 0.173. The highest BCUT2D eigenvalue weighted by atomic mass is 32.2. The van der Waals surface area contributed by atoms with E-state index < -0.39 is 17.4 Å². The molecule has 0 radical (unpaired) electrons. The Morgan fingerprint density at radius 3 is 2.56 bits per heavy atom. The molecule has 6 heteroatoms. The quantitative estimate of drug-likeness (QED) is 0.736. The van der Waals surface area contributed by atoms with Gasteiger partial charge in [-0.25, -0.2) is 4.79 Å². The van der Waals surface area contributed by atoms with Gasteiger partial charge in [0.05, 0.1) is 0 Å². The average Bonchev–Trinajstić information content (AvgIpc) is 2.96. The van der Waals surface area contributed by atoms with Crippen molar-refractivity contribution < 1.29 is 14.4 Å². The van der Waals surface area contributed by atoms with E-state index in [1.54, 1.807) is 11.8 Å². The van der Waals surface area contributed by atoms with Gasteiger partial charge in [0, 0.05) is 11.8 Å². The van der Waals surface area contributed by atoms with Crippen molar-refractivity contribution in [1.82, 2.24) is 10.2 Å². The first kappa shape index (κ1) is 11.4. The van der Waals surface area contributed by atoms with Crippen LogP contribution in [0.1, 0.15) is 19.8 Å². The summed E-state index contributed by atoms with van der Waals surface area (Å²) in [7, 11) is 0. The van der Waals surface area contributed by atoms with Gasteiger partial charge in [0.15, 0.2) is 0 Å². The number of amides is 4. The van der Waals surface area contributed by atoms with E-state index in [9.17, 15) is 14.4 Å². The van der Waals surface area contributed by atoms with Crippen molar-refractivity contribution in [3.8, 4) is 0 Å². The lowest BCUT2D eigenvalue weighted by molar-refractivity contribution is -0.145. The number of thioether (sulfide) groups is 1. The van der Waals surface area contributed by atoms with Gasteiger partial charge in [-0.05, 0) is 26.0 Å². The van der Waals surface area contributed by atoms with Crippen LogP contribution in [0.5, 0.6) is 0 Å². The third-order valence-corrected chi connectivity index (χ3v) is 3.92. The van der Waals surface area contributed by atoms with Crippen molar-refractivity contribution in [2.75, 3.05) is 12.0 Å². The Morgan fingerprint density at radius 1 is 1.44 bits per heavy atom. The Balaban J connectivity index is 2.21. The van der Waals surface area contributed by atoms with Crippen LogP contribution in [0, 0.1) is 5.41 Å². The first-order valence-corrected chi connectivity index (χ1v) is 6.60. The van der Waals surface area contributed by atoms with Crippen LogP contribution in [-0.2, 0) is 9.59 Å². The van der Waals surface area contributed by atoms with Gasteiger partial charge in [-0.2, -0.15) is 11.8 Å². The van der Waals surface area contributed by atoms with Gasteiger partial charge in [-0.1, -0.05) is 0 Å². The molecule has 2 rings (SSSR count). The molecule has 2 fully saturated rings. The third-order valence-electron chi connectivity index (χ3n) is 3.10. The number of rotatable bonds is 3. The van der Waals surface area contributed by atoms with Crippen LogP contribution in [0.15, 0.2) is 0 Å². The van der Waals surface area contributed by atoms with E-state index in [1.807, 2.05) is 13.2 Å². The van der Waals surface area contributed by atoms with E-state index in [1.165, 1.54) is 4.90 Å². The van der Waals surface area contributed by atoms with Gasteiger partial charge in [0.25, 0.3) is 0 Å². The van der Waals surface area contributed by atoms with E-state index in [4.69, 9.17) is 0 Å². The normalized spacial score (nSPS) is 24.6. The molecular weight excluding hydrogens is 228 g/mol. The number of urea groups is 1. The Hall–Kier alpha value is -1.04. The standard InChI is InChI=1S/C10H14N2O3S/c1-6(5-16-2)12-8(14)10(3-4-10)7(13)11-9(12)15/h6H,3-5H2,1-2H3,(H,11,13,15). The molecule has 1 atom stereocenters. The van der Waals surface area contributed by atoms with Gasteiger partial charge in [0.1, 0.15) is 5.41 Å². The van der Waals surface area contributed by atoms with E-state index in [0.717, 1.165) is 0 Å². The number of hydrogen-bond donors (Lipinski definition) is 1. The summed E-state index contributed by atoms with van der Waals surface area (Å²) in [5, 5.41) is 2.27. The van der Waals surface area contributed by atoms with Gasteiger partial charge >= 0.3 is 6.03 Å². The second-order valence-electron chi connectivity index (χ2n) is 4.32. The summed E-state index contributed by atoms with van der Waals surface area (Å²) in [4.78, 5) is 36.4. The zero-order valence-corrected chi connectivity index (χ0v) is 10.1. The van der Waals surface area contributed by atoms with Gasteiger partial charge in [-0.15, -0.1) is 0 Å². The molecule has 2 aliphatic rings. The Morgan fingerprint density at radius 2 is 2.06 bits per heavy atom. The lowest BCUT2D eigenvalue weighted by Crippen LogP contribution is -2.61. The van der Waals surface area contributed by atoms with Gasteiger partial charge < -0.3 is 0 Å². The molecule has 0 bridgehead atoms. The summed E-state index contributed by atoms with van der Waals surface area (Å²) in [6.07, 6.45) is 3.04. The summed E-state index contributed by atoms with van der Waals surface area (Å²) in [5.41, 5.74) is -0.916. The smallest absolute Gasteiger partial charge is 0.277 e. The molecule has 1 aliphatic carbocycles. The molecule has 1 heterocycles. The van der Waals surface area contributed by atoms with Crippen LogP contribution in [0.3, 0.4) is 0 Å². The molecule has 1 spiro atoms. The predicted molar refractivity (Wildman–Crippen MR) is 59.9 cm³/mol. The molecule has 88 valence electrons. The molecule has 1 unspecified atom stereocenters. The third kappa shape index (κ3) is 1.52. The number of nitrogens with one attached hydrogen (secondary N) is 1. The number of nitrogens with zero attached hydrogens (tertiary/aromatic N) is 1. The van der Waals surface area contributed by atoms with Crippen molar-refractivity contribution >= 4 is 29.6 Å². The summed E-state index contributed by atoms with van der Waals surface area (Å²) < 4.78 is 0. The fourth-order valence-electron chi connectivity index (χ4n) is 1.98. The summed E-state index contributed by atoms with van der Waals surface area (Å²) in [6, 6.07) is -0.748. The van der Waals surface area contributed by atoms with Crippen molar-refractivity contribution in [2.45, 2.75) is 25.8 Å². The summed E-state index contributed by atoms with van der Waals surface area (Å²) in [5.74, 6) is -0.0541. The molecule has 1 saturated heterocycles. The van der Waals surface area contributed by atoms with E-state index in [-0.39, 0.29) is 11.9 Å². The second kappa shape index (κ2) is 3.76. The molecular formula is C10H14N2O3S. The number of carbonyl (C=O) groups excluding carboxylic acids is 3. The first-order valence-electron chi connectivity index (χ1n) is 5.21. The maximum absolute atomic E-state index is 12.1. The minimum Gasteiger partial charge on any atom is -0.277 e. The molecule has 0 aromatic heterocycles. The topological polar surface area (TPSA) is 66.5 Å². The zero-order valence-electron chi connectivity index (χ0n) is 9.28. The molecule has 5 nitrogen and oxygen atoms in total. The van der Waals surface area contributed by atoms with Crippen LogP contribution in [0.2, 0.25) is 0 Å². The highest BCUT2D eigenvalue weighted by molar-refractivity contribution is 7.98.